The molecule has 6 N–H and O–H groups in total. The topological polar surface area (TPSA) is 225 Å². The Labute approximate surface area is 108 Å². The van der Waals surface area contributed by atoms with Crippen LogP contribution in [0, 0.1) is 0 Å². The lowest BCUT2D eigenvalue weighted by Gasteiger charge is -2.13. The van der Waals surface area contributed by atoms with E-state index in [1.807, 2.05) is 0 Å². The highest BCUT2D eigenvalue weighted by Gasteiger charge is 2.43. The van der Waals surface area contributed by atoms with Crippen LogP contribution in [0.15, 0.2) is 0 Å². The van der Waals surface area contributed by atoms with Gasteiger partial charge < -0.3 is 30.8 Å². The Bertz CT molecular complexity index is 477. The summed E-state index contributed by atoms with van der Waals surface area (Å²) in [6.07, 6.45) is 0. The smallest absolute Gasteiger partial charge is 0.360 e. The molecular weight excluding hydrogens is 305 g/mol. The van der Waals surface area contributed by atoms with Gasteiger partial charge in [-0.25, -0.2) is 14.4 Å². The molecule has 0 spiro atoms. The van der Waals surface area contributed by atoms with Crippen LogP contribution in [0.25, 0.3) is 0 Å². The van der Waals surface area contributed by atoms with Crippen LogP contribution in [-0.2, 0) is 46.9 Å². The molecule has 0 heterocycles. The summed E-state index contributed by atoms with van der Waals surface area (Å²) in [6.45, 7) is 0. The van der Waals surface area contributed by atoms with Crippen LogP contribution in [0.5, 0.6) is 0 Å². The fraction of sp³-hybridized carbons (Fsp3) is 0. The van der Waals surface area contributed by atoms with Crippen molar-refractivity contribution in [2.45, 2.75) is 0 Å². The lowest BCUT2D eigenvalue weighted by atomic mass is 10.7. The minimum Gasteiger partial charge on any atom is -0.360 e. The highest BCUT2D eigenvalue weighted by atomic mass is 31.2. The van der Waals surface area contributed by atoms with Gasteiger partial charge in [-0.3, -0.25) is 14.4 Å². The Morgan fingerprint density at radius 1 is 0.600 bits per heavy atom. The van der Waals surface area contributed by atoms with Crippen molar-refractivity contribution in [3.05, 3.63) is 0 Å². The average molecular weight is 311 g/mol. The summed E-state index contributed by atoms with van der Waals surface area (Å²) in [5.74, 6) is -11.6. The standard InChI is InChI=1S/C6H6N3O10P/c7-1(10)4(13)17-20(16,18-5(14)2(8)11)19-6(15)3(9)12/h(H2,7,10)(H2,8,11)(H2,9,12). The van der Waals surface area contributed by atoms with Crippen molar-refractivity contribution in [3.63, 3.8) is 0 Å². The first kappa shape index (κ1) is 17.1. The number of amides is 3. The molecule has 0 radical (unpaired) electrons. The molecule has 0 atom stereocenters. The van der Waals surface area contributed by atoms with Crippen LogP contribution >= 0.6 is 7.82 Å². The molecular formula is C6H6N3O10P. The third-order valence-electron chi connectivity index (χ3n) is 1.19. The monoisotopic (exact) mass is 311 g/mol. The highest BCUT2D eigenvalue weighted by molar-refractivity contribution is 7.50. The van der Waals surface area contributed by atoms with Gasteiger partial charge in [-0.05, 0) is 0 Å². The Kier molecular flexibility index (Phi) is 5.36. The molecule has 0 aromatic heterocycles. The Morgan fingerprint density at radius 2 is 0.800 bits per heavy atom. The van der Waals surface area contributed by atoms with E-state index < -0.39 is 43.5 Å². The van der Waals surface area contributed by atoms with E-state index in [4.69, 9.17) is 0 Å². The zero-order valence-corrected chi connectivity index (χ0v) is 10.2. The van der Waals surface area contributed by atoms with E-state index >= 15 is 0 Å². The summed E-state index contributed by atoms with van der Waals surface area (Å²) < 4.78 is 22.6. The molecule has 0 fully saturated rings. The van der Waals surface area contributed by atoms with Gasteiger partial charge in [0.25, 0.3) is 0 Å². The Hall–Kier alpha value is -2.95. The second-order valence-corrected chi connectivity index (χ2v) is 4.12. The van der Waals surface area contributed by atoms with Crippen LogP contribution in [0.3, 0.4) is 0 Å². The SMILES string of the molecule is NC(=O)C(=O)OP(=O)(OC(=O)C(N)=O)OC(=O)C(N)=O. The lowest BCUT2D eigenvalue weighted by molar-refractivity contribution is -0.155. The van der Waals surface area contributed by atoms with Crippen molar-refractivity contribution in [1.29, 1.82) is 0 Å². The van der Waals surface area contributed by atoms with Crippen molar-refractivity contribution in [2.75, 3.05) is 0 Å². The van der Waals surface area contributed by atoms with Gasteiger partial charge in [-0.15, -0.1) is 0 Å². The number of nitrogens with two attached hydrogens (primary N) is 3. The maximum atomic E-state index is 11.6. The van der Waals surface area contributed by atoms with Crippen molar-refractivity contribution in [1.82, 2.24) is 0 Å². The fourth-order valence-corrected chi connectivity index (χ4v) is 1.49. The second kappa shape index (κ2) is 6.29. The molecule has 0 aliphatic carbocycles. The molecule has 0 aliphatic heterocycles. The van der Waals surface area contributed by atoms with Gasteiger partial charge in [-0.1, -0.05) is 0 Å². The molecule has 110 valence electrons. The molecule has 0 saturated heterocycles. The number of carbonyl (C=O) groups excluding carboxylic acids is 6. The molecule has 0 aromatic rings. The minimum absolute atomic E-state index is 1.81. The first-order chi connectivity index (χ1) is 8.98. The van der Waals surface area contributed by atoms with Gasteiger partial charge in [0.2, 0.25) is 0 Å². The van der Waals surface area contributed by atoms with E-state index in [-0.39, 0.29) is 0 Å². The summed E-state index contributed by atoms with van der Waals surface area (Å²) >= 11 is 0. The summed E-state index contributed by atoms with van der Waals surface area (Å²) in [5, 5.41) is 0. The molecule has 0 saturated carbocycles. The van der Waals surface area contributed by atoms with Gasteiger partial charge in [0.1, 0.15) is 0 Å². The van der Waals surface area contributed by atoms with Gasteiger partial charge in [0.15, 0.2) is 0 Å². The van der Waals surface area contributed by atoms with Crippen LogP contribution < -0.4 is 17.2 Å². The molecule has 0 aliphatic rings. The van der Waals surface area contributed by atoms with Crippen LogP contribution in [0.2, 0.25) is 0 Å². The molecule has 20 heavy (non-hydrogen) atoms. The van der Waals surface area contributed by atoms with Gasteiger partial charge in [0, 0.05) is 0 Å². The first-order valence-electron chi connectivity index (χ1n) is 4.18. The van der Waals surface area contributed by atoms with Crippen molar-refractivity contribution < 1.29 is 46.9 Å². The van der Waals surface area contributed by atoms with E-state index in [0.29, 0.717) is 0 Å². The molecule has 0 bridgehead atoms. The normalized spacial score (nSPS) is 10.0. The van der Waals surface area contributed by atoms with Crippen LogP contribution in [0.4, 0.5) is 0 Å². The quantitative estimate of drug-likeness (QED) is 0.339. The van der Waals surface area contributed by atoms with Crippen molar-refractivity contribution in [3.8, 4) is 0 Å². The number of rotatable bonds is 3. The summed E-state index contributed by atoms with van der Waals surface area (Å²) in [6, 6.07) is 0. The zero-order valence-electron chi connectivity index (χ0n) is 9.26. The van der Waals surface area contributed by atoms with E-state index in [0.717, 1.165) is 0 Å². The third kappa shape index (κ3) is 5.14. The Morgan fingerprint density at radius 3 is 0.950 bits per heavy atom. The third-order valence-corrected chi connectivity index (χ3v) is 2.36. The lowest BCUT2D eigenvalue weighted by Crippen LogP contribution is -2.31. The number of primary amides is 3. The molecule has 13 nitrogen and oxygen atoms in total. The van der Waals surface area contributed by atoms with E-state index in [1.54, 1.807) is 0 Å². The minimum atomic E-state index is -5.50. The fourth-order valence-electron chi connectivity index (χ4n) is 0.495. The largest absolute Gasteiger partial charge is 0.654 e. The summed E-state index contributed by atoms with van der Waals surface area (Å²) in [7, 11) is -5.50. The van der Waals surface area contributed by atoms with Gasteiger partial charge in [0.05, 0.1) is 0 Å². The molecule has 0 rings (SSSR count). The predicted octanol–water partition coefficient (Wildman–Crippen LogP) is -3.82. The molecule has 0 unspecified atom stereocenters. The molecule has 0 aromatic carbocycles. The zero-order chi connectivity index (χ0) is 16.1. The maximum Gasteiger partial charge on any atom is 0.654 e. The van der Waals surface area contributed by atoms with Crippen molar-refractivity contribution in [2.24, 2.45) is 17.2 Å². The molecule has 3 amide bonds. The van der Waals surface area contributed by atoms with E-state index in [9.17, 15) is 33.3 Å². The number of hydrogen-bond acceptors (Lipinski definition) is 10. The second-order valence-electron chi connectivity index (χ2n) is 2.68. The number of carbonyl (C=O) groups is 6. The predicted molar refractivity (Wildman–Crippen MR) is 53.5 cm³/mol. The van der Waals surface area contributed by atoms with Gasteiger partial charge in [-0.2, -0.15) is 4.57 Å². The summed E-state index contributed by atoms with van der Waals surface area (Å²) in [4.78, 5) is 63.5. The van der Waals surface area contributed by atoms with E-state index in [2.05, 4.69) is 30.8 Å². The Balaban J connectivity index is 5.27. The maximum absolute atomic E-state index is 11.6. The average Bonchev–Trinajstić information content (AvgIpc) is 2.27. The van der Waals surface area contributed by atoms with Crippen molar-refractivity contribution >= 4 is 43.5 Å². The number of hydrogen-bond donors (Lipinski definition) is 3. The van der Waals surface area contributed by atoms with E-state index in [1.165, 1.54) is 0 Å². The summed E-state index contributed by atoms with van der Waals surface area (Å²) in [5.41, 5.74) is 13.3. The number of phosphoric ester groups is 1. The highest BCUT2D eigenvalue weighted by Crippen LogP contribution is 2.49. The van der Waals surface area contributed by atoms with Crippen LogP contribution in [0.1, 0.15) is 0 Å². The first-order valence-corrected chi connectivity index (χ1v) is 5.64. The number of phosphoric acid groups is 1. The molecule has 14 heteroatoms. The van der Waals surface area contributed by atoms with Gasteiger partial charge >= 0.3 is 43.5 Å². The van der Waals surface area contributed by atoms with Crippen LogP contribution in [-0.4, -0.2) is 35.6 Å².